The molecule has 0 bridgehead atoms. The van der Waals surface area contributed by atoms with Crippen molar-refractivity contribution in [1.29, 1.82) is 0 Å². The molecule has 1 aromatic heterocycles. The van der Waals surface area contributed by atoms with Gasteiger partial charge in [0.1, 0.15) is 11.6 Å². The van der Waals surface area contributed by atoms with Crippen LogP contribution in [0.3, 0.4) is 0 Å². The number of aromatic nitrogens is 2. The van der Waals surface area contributed by atoms with Crippen LogP contribution in [0.4, 0.5) is 16.2 Å². The maximum atomic E-state index is 13.5. The summed E-state index contributed by atoms with van der Waals surface area (Å²) in [7, 11) is 1.60. The van der Waals surface area contributed by atoms with Crippen molar-refractivity contribution in [2.75, 3.05) is 50.2 Å². The molecule has 0 aliphatic carbocycles. The molecule has 4 rings (SSSR count). The number of benzene rings is 1. The zero-order chi connectivity index (χ0) is 23.3. The molecular weight excluding hydrogens is 441 g/mol. The highest BCUT2D eigenvalue weighted by Crippen LogP contribution is 2.34. The highest BCUT2D eigenvalue weighted by Gasteiger charge is 2.34. The summed E-state index contributed by atoms with van der Waals surface area (Å²) in [5.41, 5.74) is 0.906. The fourth-order valence-electron chi connectivity index (χ4n) is 4.66. The van der Waals surface area contributed by atoms with Gasteiger partial charge in [-0.15, -0.1) is 0 Å². The normalized spacial score (nSPS) is 20.2. The maximum Gasteiger partial charge on any atom is 0.234 e. The summed E-state index contributed by atoms with van der Waals surface area (Å²) in [5.74, 6) is 2.13. The molecule has 178 valence electrons. The van der Waals surface area contributed by atoms with E-state index in [0.717, 1.165) is 43.7 Å². The Hall–Kier alpha value is -2.52. The number of thiocarbonyl (C=S) groups is 1. The van der Waals surface area contributed by atoms with Crippen LogP contribution < -0.4 is 20.3 Å². The monoisotopic (exact) mass is 473 g/mol. The number of piperidine rings is 1. The highest BCUT2D eigenvalue weighted by atomic mass is 32.1. The summed E-state index contributed by atoms with van der Waals surface area (Å²) in [6.07, 6.45) is 4.05. The summed E-state index contributed by atoms with van der Waals surface area (Å²) < 4.78 is 24.5. The lowest BCUT2D eigenvalue weighted by Gasteiger charge is -2.38. The molecule has 0 unspecified atom stereocenters. The number of nitrogens with zero attached hydrogens (tertiary/aromatic N) is 3. The SMILES string of the molecule is COc1cc(N2CCC[C@@H](C)C2)nc(NC(=S)NCC2(c3ccc(F)cc3)CCOCC2)n1. The van der Waals surface area contributed by atoms with E-state index in [1.165, 1.54) is 18.6 Å². The van der Waals surface area contributed by atoms with E-state index in [1.54, 1.807) is 7.11 Å². The third-order valence-corrected chi connectivity index (χ3v) is 6.84. The first-order valence-electron chi connectivity index (χ1n) is 11.5. The van der Waals surface area contributed by atoms with E-state index >= 15 is 0 Å². The topological polar surface area (TPSA) is 71.5 Å². The first-order valence-corrected chi connectivity index (χ1v) is 11.9. The molecule has 0 saturated carbocycles. The number of methoxy groups -OCH3 is 1. The molecule has 2 aromatic rings. The molecule has 1 aromatic carbocycles. The van der Waals surface area contributed by atoms with Gasteiger partial charge < -0.3 is 25.0 Å². The molecule has 2 N–H and O–H groups in total. The minimum absolute atomic E-state index is 0.179. The van der Waals surface area contributed by atoms with Gasteiger partial charge in [-0.25, -0.2) is 4.39 Å². The van der Waals surface area contributed by atoms with Gasteiger partial charge in [0.15, 0.2) is 5.11 Å². The molecule has 0 amide bonds. The predicted octanol–water partition coefficient (Wildman–Crippen LogP) is 3.90. The van der Waals surface area contributed by atoms with Crippen LogP contribution in [0.5, 0.6) is 5.88 Å². The molecule has 3 heterocycles. The summed E-state index contributed by atoms with van der Waals surface area (Å²) in [4.78, 5) is 11.4. The van der Waals surface area contributed by atoms with Crippen LogP contribution in [0.25, 0.3) is 0 Å². The second-order valence-electron chi connectivity index (χ2n) is 8.99. The van der Waals surface area contributed by atoms with E-state index in [9.17, 15) is 4.39 Å². The molecule has 2 aliphatic heterocycles. The molecule has 2 fully saturated rings. The smallest absolute Gasteiger partial charge is 0.234 e. The number of anilines is 2. The van der Waals surface area contributed by atoms with E-state index in [1.807, 2.05) is 18.2 Å². The summed E-state index contributed by atoms with van der Waals surface area (Å²) in [6.45, 7) is 6.12. The van der Waals surface area contributed by atoms with Crippen molar-refractivity contribution in [3.8, 4) is 5.88 Å². The van der Waals surface area contributed by atoms with Crippen LogP contribution in [0, 0.1) is 11.7 Å². The van der Waals surface area contributed by atoms with Crippen molar-refractivity contribution in [2.45, 2.75) is 38.0 Å². The van der Waals surface area contributed by atoms with Gasteiger partial charge in [0.25, 0.3) is 0 Å². The average Bonchev–Trinajstić information content (AvgIpc) is 2.83. The Labute approximate surface area is 200 Å². The number of rotatable bonds is 6. The van der Waals surface area contributed by atoms with Crippen molar-refractivity contribution < 1.29 is 13.9 Å². The van der Waals surface area contributed by atoms with Gasteiger partial charge in [-0.1, -0.05) is 19.1 Å². The van der Waals surface area contributed by atoms with Crippen molar-refractivity contribution in [3.05, 3.63) is 41.7 Å². The minimum Gasteiger partial charge on any atom is -0.481 e. The van der Waals surface area contributed by atoms with Crippen LogP contribution in [-0.4, -0.2) is 55.0 Å². The first kappa shape index (κ1) is 23.6. The molecular formula is C24H32FN5O2S. The van der Waals surface area contributed by atoms with Gasteiger partial charge >= 0.3 is 0 Å². The van der Waals surface area contributed by atoms with Gasteiger partial charge in [0, 0.05) is 44.3 Å². The van der Waals surface area contributed by atoms with Crippen LogP contribution in [-0.2, 0) is 10.2 Å². The molecule has 2 aliphatic rings. The van der Waals surface area contributed by atoms with Gasteiger partial charge in [0.05, 0.1) is 7.11 Å². The number of ether oxygens (including phenoxy) is 2. The van der Waals surface area contributed by atoms with Crippen LogP contribution in [0.1, 0.15) is 38.2 Å². The zero-order valence-electron chi connectivity index (χ0n) is 19.3. The number of hydrogen-bond donors (Lipinski definition) is 2. The third kappa shape index (κ3) is 5.89. The molecule has 9 heteroatoms. The Morgan fingerprint density at radius 2 is 2.03 bits per heavy atom. The van der Waals surface area contributed by atoms with E-state index in [2.05, 4.69) is 27.4 Å². The van der Waals surface area contributed by atoms with Crippen molar-refractivity contribution >= 4 is 29.1 Å². The Bertz CT molecular complexity index is 952. The van der Waals surface area contributed by atoms with E-state index in [4.69, 9.17) is 26.7 Å². The molecule has 1 atom stereocenters. The van der Waals surface area contributed by atoms with Gasteiger partial charge in [-0.3, -0.25) is 0 Å². The lowest BCUT2D eigenvalue weighted by atomic mass is 9.74. The molecule has 0 radical (unpaired) electrons. The maximum absolute atomic E-state index is 13.5. The summed E-state index contributed by atoms with van der Waals surface area (Å²) in [5, 5.41) is 6.90. The van der Waals surface area contributed by atoms with Crippen molar-refractivity contribution in [3.63, 3.8) is 0 Å². The van der Waals surface area contributed by atoms with Crippen molar-refractivity contribution in [2.24, 2.45) is 5.92 Å². The Balaban J connectivity index is 1.45. The quantitative estimate of drug-likeness (QED) is 0.613. The second kappa shape index (κ2) is 10.6. The second-order valence-corrected chi connectivity index (χ2v) is 9.40. The van der Waals surface area contributed by atoms with Gasteiger partial charge in [-0.2, -0.15) is 9.97 Å². The first-order chi connectivity index (χ1) is 16.0. The lowest BCUT2D eigenvalue weighted by Crippen LogP contribution is -2.45. The minimum atomic E-state index is -0.236. The fourth-order valence-corrected chi connectivity index (χ4v) is 4.82. The van der Waals surface area contributed by atoms with Crippen molar-refractivity contribution in [1.82, 2.24) is 15.3 Å². The lowest BCUT2D eigenvalue weighted by molar-refractivity contribution is 0.0515. The highest BCUT2D eigenvalue weighted by molar-refractivity contribution is 7.80. The van der Waals surface area contributed by atoms with Gasteiger partial charge in [-0.05, 0) is 61.5 Å². The third-order valence-electron chi connectivity index (χ3n) is 6.60. The largest absolute Gasteiger partial charge is 0.481 e. The molecule has 2 saturated heterocycles. The number of halogens is 1. The van der Waals surface area contributed by atoms with Crippen LogP contribution in [0.2, 0.25) is 0 Å². The van der Waals surface area contributed by atoms with E-state index in [0.29, 0.717) is 42.6 Å². The summed E-state index contributed by atoms with van der Waals surface area (Å²) >= 11 is 5.57. The van der Waals surface area contributed by atoms with E-state index in [-0.39, 0.29) is 11.2 Å². The number of hydrogen-bond acceptors (Lipinski definition) is 6. The van der Waals surface area contributed by atoms with E-state index < -0.39 is 0 Å². The standard InChI is InChI=1S/C24H32FN5O2S/c1-17-4-3-11-30(15-17)20-14-21(31-2)28-22(27-20)29-23(33)26-16-24(9-12-32-13-10-24)18-5-7-19(25)8-6-18/h5-8,14,17H,3-4,9-13,15-16H2,1-2H3,(H2,26,27,28,29,33)/t17-/m1/s1. The summed E-state index contributed by atoms with van der Waals surface area (Å²) in [6, 6.07) is 8.60. The Morgan fingerprint density at radius 3 is 2.73 bits per heavy atom. The number of nitrogens with one attached hydrogen (secondary N) is 2. The molecule has 0 spiro atoms. The van der Waals surface area contributed by atoms with Gasteiger partial charge in [0.2, 0.25) is 11.8 Å². The fraction of sp³-hybridized carbons (Fsp3) is 0.542. The zero-order valence-corrected chi connectivity index (χ0v) is 20.1. The molecule has 7 nitrogen and oxygen atoms in total. The molecule has 33 heavy (non-hydrogen) atoms. The van der Waals surface area contributed by atoms with Crippen LogP contribution in [0.15, 0.2) is 30.3 Å². The Kier molecular flexibility index (Phi) is 7.60. The van der Waals surface area contributed by atoms with Crippen LogP contribution >= 0.6 is 12.2 Å². The average molecular weight is 474 g/mol. The predicted molar refractivity (Wildman–Crippen MR) is 132 cm³/mol. The Morgan fingerprint density at radius 1 is 1.27 bits per heavy atom.